The summed E-state index contributed by atoms with van der Waals surface area (Å²) in [5.41, 5.74) is 8.22. The van der Waals surface area contributed by atoms with Crippen molar-refractivity contribution in [3.63, 3.8) is 0 Å². The van der Waals surface area contributed by atoms with Crippen LogP contribution in [0.5, 0.6) is 0 Å². The van der Waals surface area contributed by atoms with E-state index in [0.29, 0.717) is 12.6 Å². The van der Waals surface area contributed by atoms with E-state index in [4.69, 9.17) is 10.2 Å². The Kier molecular flexibility index (Phi) is 4.21. The van der Waals surface area contributed by atoms with Crippen molar-refractivity contribution in [2.45, 2.75) is 46.8 Å². The minimum absolute atomic E-state index is 0.240. The lowest BCUT2D eigenvalue weighted by Gasteiger charge is -2.35. The van der Waals surface area contributed by atoms with Gasteiger partial charge in [0.15, 0.2) is 0 Å². The fourth-order valence-electron chi connectivity index (χ4n) is 2.53. The molecule has 0 bridgehead atoms. The maximum Gasteiger partial charge on any atom is 0.134 e. The highest BCUT2D eigenvalue weighted by Crippen LogP contribution is 2.29. The van der Waals surface area contributed by atoms with Gasteiger partial charge in [-0.3, -0.25) is 4.90 Å². The normalized spacial score (nSPS) is 14.2. The van der Waals surface area contributed by atoms with Crippen LogP contribution in [0.4, 0.5) is 0 Å². The van der Waals surface area contributed by atoms with Gasteiger partial charge in [-0.05, 0) is 25.5 Å². The quantitative estimate of drug-likeness (QED) is 0.923. The predicted molar refractivity (Wildman–Crippen MR) is 84.5 cm³/mol. The van der Waals surface area contributed by atoms with Gasteiger partial charge in [0.25, 0.3) is 0 Å². The average molecular weight is 274 g/mol. The summed E-state index contributed by atoms with van der Waals surface area (Å²) in [5.74, 6) is 0.993. The summed E-state index contributed by atoms with van der Waals surface area (Å²) in [6.45, 7) is 10.3. The Bertz CT molecular complexity index is 580. The molecule has 1 heterocycles. The molecule has 0 fully saturated rings. The van der Waals surface area contributed by atoms with Crippen LogP contribution >= 0.6 is 0 Å². The van der Waals surface area contributed by atoms with Crippen LogP contribution in [-0.4, -0.2) is 18.0 Å². The standard InChI is InChI=1S/C17H26N2O/c1-12(17(2,3)4)19(5)11-16-14(10-18)13-8-6-7-9-15(13)20-16/h6-9,12H,10-11,18H2,1-5H3. The van der Waals surface area contributed by atoms with Crippen LogP contribution in [-0.2, 0) is 13.1 Å². The van der Waals surface area contributed by atoms with Crippen LogP contribution in [0, 0.1) is 5.41 Å². The number of hydrogen-bond acceptors (Lipinski definition) is 3. The molecular formula is C17H26N2O. The number of nitrogens with two attached hydrogens (primary N) is 1. The number of benzene rings is 1. The first kappa shape index (κ1) is 15.1. The third-order valence-corrected chi connectivity index (χ3v) is 4.29. The van der Waals surface area contributed by atoms with Gasteiger partial charge in [0.2, 0.25) is 0 Å². The van der Waals surface area contributed by atoms with Gasteiger partial charge in [-0.15, -0.1) is 0 Å². The van der Waals surface area contributed by atoms with Crippen LogP contribution in [0.1, 0.15) is 39.0 Å². The molecule has 0 saturated heterocycles. The zero-order valence-electron chi connectivity index (χ0n) is 13.2. The molecule has 2 rings (SSSR count). The largest absolute Gasteiger partial charge is 0.459 e. The Morgan fingerprint density at radius 2 is 1.90 bits per heavy atom. The van der Waals surface area contributed by atoms with Gasteiger partial charge in [0.1, 0.15) is 11.3 Å². The average Bonchev–Trinajstić information content (AvgIpc) is 2.73. The molecule has 20 heavy (non-hydrogen) atoms. The van der Waals surface area contributed by atoms with E-state index in [0.717, 1.165) is 28.8 Å². The summed E-state index contributed by atoms with van der Waals surface area (Å²) in [4.78, 5) is 2.33. The van der Waals surface area contributed by atoms with Crippen LogP contribution < -0.4 is 5.73 Å². The Labute approximate surface area is 121 Å². The summed E-state index contributed by atoms with van der Waals surface area (Å²) in [7, 11) is 2.14. The maximum absolute atomic E-state index is 6.00. The molecule has 0 saturated carbocycles. The highest BCUT2D eigenvalue weighted by atomic mass is 16.3. The first-order valence-electron chi connectivity index (χ1n) is 7.24. The monoisotopic (exact) mass is 274 g/mol. The summed E-state index contributed by atoms with van der Waals surface area (Å²) in [6, 6.07) is 8.57. The zero-order chi connectivity index (χ0) is 14.9. The predicted octanol–water partition coefficient (Wildman–Crippen LogP) is 3.76. The zero-order valence-corrected chi connectivity index (χ0v) is 13.2. The van der Waals surface area contributed by atoms with Crippen molar-refractivity contribution in [1.82, 2.24) is 4.90 Å². The summed E-state index contributed by atoms with van der Waals surface area (Å²) < 4.78 is 6.00. The van der Waals surface area contributed by atoms with E-state index >= 15 is 0 Å². The second kappa shape index (κ2) is 5.58. The molecule has 0 spiro atoms. The lowest BCUT2D eigenvalue weighted by Crippen LogP contribution is -2.38. The lowest BCUT2D eigenvalue weighted by molar-refractivity contribution is 0.127. The topological polar surface area (TPSA) is 42.4 Å². The first-order chi connectivity index (χ1) is 9.34. The van der Waals surface area contributed by atoms with Crippen LogP contribution in [0.3, 0.4) is 0 Å². The number of furan rings is 1. The first-order valence-corrected chi connectivity index (χ1v) is 7.24. The third kappa shape index (κ3) is 2.89. The second-order valence-electron chi connectivity index (χ2n) is 6.66. The molecule has 2 N–H and O–H groups in total. The number of para-hydroxylation sites is 1. The molecule has 1 aromatic heterocycles. The van der Waals surface area contributed by atoms with E-state index in [2.05, 4.69) is 45.7 Å². The molecule has 0 amide bonds. The lowest BCUT2D eigenvalue weighted by atomic mass is 9.87. The van der Waals surface area contributed by atoms with Crippen LogP contribution in [0.2, 0.25) is 0 Å². The molecule has 3 nitrogen and oxygen atoms in total. The van der Waals surface area contributed by atoms with Crippen molar-refractivity contribution in [3.8, 4) is 0 Å². The fourth-order valence-corrected chi connectivity index (χ4v) is 2.53. The van der Waals surface area contributed by atoms with E-state index in [1.165, 1.54) is 0 Å². The molecule has 0 radical (unpaired) electrons. The summed E-state index contributed by atoms with van der Waals surface area (Å²) in [5, 5.41) is 1.14. The van der Waals surface area contributed by atoms with Gasteiger partial charge in [-0.1, -0.05) is 39.0 Å². The Morgan fingerprint density at radius 1 is 1.25 bits per heavy atom. The summed E-state index contributed by atoms with van der Waals surface area (Å²) >= 11 is 0. The SMILES string of the molecule is CC(N(C)Cc1oc2ccccc2c1CN)C(C)(C)C. The molecular weight excluding hydrogens is 248 g/mol. The van der Waals surface area contributed by atoms with Crippen LogP contribution in [0.25, 0.3) is 11.0 Å². The van der Waals surface area contributed by atoms with Crippen molar-refractivity contribution in [2.75, 3.05) is 7.05 Å². The number of rotatable bonds is 4. The van der Waals surface area contributed by atoms with Crippen molar-refractivity contribution in [3.05, 3.63) is 35.6 Å². The van der Waals surface area contributed by atoms with E-state index in [1.807, 2.05) is 18.2 Å². The van der Waals surface area contributed by atoms with E-state index in [9.17, 15) is 0 Å². The number of fused-ring (bicyclic) bond motifs is 1. The van der Waals surface area contributed by atoms with Crippen molar-refractivity contribution < 1.29 is 4.42 Å². The second-order valence-corrected chi connectivity index (χ2v) is 6.66. The molecule has 0 aliphatic rings. The number of nitrogens with zero attached hydrogens (tertiary/aromatic N) is 1. The maximum atomic E-state index is 6.00. The molecule has 110 valence electrons. The van der Waals surface area contributed by atoms with Gasteiger partial charge >= 0.3 is 0 Å². The van der Waals surface area contributed by atoms with E-state index in [-0.39, 0.29) is 5.41 Å². The summed E-state index contributed by atoms with van der Waals surface area (Å²) in [6.07, 6.45) is 0. The van der Waals surface area contributed by atoms with Crippen LogP contribution in [0.15, 0.2) is 28.7 Å². The van der Waals surface area contributed by atoms with E-state index in [1.54, 1.807) is 0 Å². The smallest absolute Gasteiger partial charge is 0.134 e. The van der Waals surface area contributed by atoms with Gasteiger partial charge in [0, 0.05) is 23.5 Å². The van der Waals surface area contributed by atoms with Crippen molar-refractivity contribution >= 4 is 11.0 Å². The molecule has 0 aliphatic heterocycles. The van der Waals surface area contributed by atoms with Gasteiger partial charge in [-0.25, -0.2) is 0 Å². The van der Waals surface area contributed by atoms with Gasteiger partial charge < -0.3 is 10.2 Å². The highest BCUT2D eigenvalue weighted by molar-refractivity contribution is 5.82. The van der Waals surface area contributed by atoms with E-state index < -0.39 is 0 Å². The molecule has 0 aliphatic carbocycles. The van der Waals surface area contributed by atoms with Crippen molar-refractivity contribution in [2.24, 2.45) is 11.1 Å². The highest BCUT2D eigenvalue weighted by Gasteiger charge is 2.25. The molecule has 1 aromatic carbocycles. The Morgan fingerprint density at radius 3 is 2.50 bits per heavy atom. The molecule has 2 aromatic rings. The minimum atomic E-state index is 0.240. The third-order valence-electron chi connectivity index (χ3n) is 4.29. The fraction of sp³-hybridized carbons (Fsp3) is 0.529. The minimum Gasteiger partial charge on any atom is -0.459 e. The van der Waals surface area contributed by atoms with Crippen molar-refractivity contribution in [1.29, 1.82) is 0 Å². The molecule has 1 unspecified atom stereocenters. The molecule has 1 atom stereocenters. The Balaban J connectivity index is 2.30. The molecule has 3 heteroatoms. The number of hydrogen-bond donors (Lipinski definition) is 1. The van der Waals surface area contributed by atoms with Gasteiger partial charge in [0.05, 0.1) is 6.54 Å². The van der Waals surface area contributed by atoms with Gasteiger partial charge in [-0.2, -0.15) is 0 Å². The Hall–Kier alpha value is -1.32.